The number of rotatable bonds is 6. The first-order valence-corrected chi connectivity index (χ1v) is 38.3. The molecule has 0 atom stereocenters. The van der Waals surface area contributed by atoms with Crippen LogP contribution in [0.25, 0.3) is 89.0 Å². The first-order valence-electron chi connectivity index (χ1n) is 38.3. The van der Waals surface area contributed by atoms with Crippen molar-refractivity contribution >= 4 is 57.2 Å². The Morgan fingerprint density at radius 3 is 0.832 bits per heavy atom. The van der Waals surface area contributed by atoms with E-state index in [9.17, 15) is 0 Å². The van der Waals surface area contributed by atoms with Gasteiger partial charge in [0.05, 0.1) is 22.2 Å². The lowest BCUT2D eigenvalue weighted by Crippen LogP contribution is -2.61. The summed E-state index contributed by atoms with van der Waals surface area (Å²) in [6.45, 7) is 21.2. The van der Waals surface area contributed by atoms with Crippen molar-refractivity contribution in [3.05, 3.63) is 389 Å². The molecule has 0 radical (unpaired) electrons. The highest BCUT2D eigenvalue weighted by atomic mass is 15.2. The van der Waals surface area contributed by atoms with Gasteiger partial charge in [0, 0.05) is 33.9 Å². The summed E-state index contributed by atoms with van der Waals surface area (Å²) in [6, 6.07) is 127. The molecule has 0 saturated heterocycles. The Kier molecular flexibility index (Phi) is 13.5. The molecule has 3 heteroatoms. The minimum atomic E-state index is -0.461. The van der Waals surface area contributed by atoms with Crippen LogP contribution in [0, 0.1) is 0 Å². The van der Waals surface area contributed by atoms with Crippen LogP contribution < -0.4 is 26.2 Å². The Morgan fingerprint density at radius 2 is 0.495 bits per heavy atom. The number of fused-ring (bicyclic) bond motifs is 24. The largest absolute Gasteiger partial charge is 0.311 e. The Bertz CT molecular complexity index is 5820. The molecule has 0 saturated carbocycles. The van der Waals surface area contributed by atoms with Crippen LogP contribution in [0.4, 0.5) is 34.1 Å². The van der Waals surface area contributed by atoms with Gasteiger partial charge >= 0.3 is 0 Å². The van der Waals surface area contributed by atoms with Crippen LogP contribution in [0.2, 0.25) is 0 Å². The third-order valence-corrected chi connectivity index (χ3v) is 25.0. The van der Waals surface area contributed by atoms with E-state index < -0.39 is 10.8 Å². The summed E-state index contributed by atoms with van der Waals surface area (Å²) in [6.07, 6.45) is 0. The summed E-state index contributed by atoms with van der Waals surface area (Å²) in [5.74, 6) is 0. The van der Waals surface area contributed by atoms with E-state index in [1.807, 2.05) is 0 Å². The zero-order chi connectivity index (χ0) is 72.2. The fourth-order valence-electron chi connectivity index (χ4n) is 20.0. The number of nitrogens with zero attached hydrogens (tertiary/aromatic N) is 2. The molecule has 15 aromatic carbocycles. The molecule has 4 aliphatic carbocycles. The molecule has 107 heavy (non-hydrogen) atoms. The lowest BCUT2D eigenvalue weighted by atomic mass is 9.33. The first-order chi connectivity index (χ1) is 52.0. The van der Waals surface area contributed by atoms with Crippen LogP contribution in [-0.2, 0) is 27.1 Å². The molecular weight excluding hydrogens is 1290 g/mol. The highest BCUT2D eigenvalue weighted by Crippen LogP contribution is 2.66. The van der Waals surface area contributed by atoms with Crippen molar-refractivity contribution in [1.29, 1.82) is 0 Å². The van der Waals surface area contributed by atoms with E-state index in [0.717, 1.165) is 11.4 Å². The molecule has 510 valence electrons. The minimum absolute atomic E-state index is 0.156. The predicted molar refractivity (Wildman–Crippen MR) is 451 cm³/mol. The average Bonchev–Trinajstić information content (AvgIpc) is 1.60. The molecule has 0 N–H and O–H groups in total. The van der Waals surface area contributed by atoms with Gasteiger partial charge in [-0.2, -0.15) is 0 Å². The van der Waals surface area contributed by atoms with Crippen LogP contribution in [-0.4, -0.2) is 6.71 Å². The second kappa shape index (κ2) is 22.7. The molecule has 0 aromatic heterocycles. The van der Waals surface area contributed by atoms with Crippen molar-refractivity contribution in [1.82, 2.24) is 0 Å². The van der Waals surface area contributed by atoms with Gasteiger partial charge in [-0.3, -0.25) is 0 Å². The summed E-state index contributed by atoms with van der Waals surface area (Å²) < 4.78 is 0. The van der Waals surface area contributed by atoms with Crippen LogP contribution in [0.3, 0.4) is 0 Å². The van der Waals surface area contributed by atoms with Crippen molar-refractivity contribution in [2.75, 3.05) is 9.80 Å². The van der Waals surface area contributed by atoms with Gasteiger partial charge in [0.1, 0.15) is 0 Å². The number of benzene rings is 15. The maximum atomic E-state index is 2.70. The number of hydrogen-bond acceptors (Lipinski definition) is 2. The van der Waals surface area contributed by atoms with E-state index in [1.165, 1.54) is 189 Å². The van der Waals surface area contributed by atoms with Crippen molar-refractivity contribution < 1.29 is 0 Å². The third-order valence-electron chi connectivity index (χ3n) is 25.0. The van der Waals surface area contributed by atoms with Crippen LogP contribution in [0.5, 0.6) is 0 Å². The van der Waals surface area contributed by atoms with E-state index in [1.54, 1.807) is 0 Å². The molecule has 2 heterocycles. The Morgan fingerprint density at radius 1 is 0.206 bits per heavy atom. The lowest BCUT2D eigenvalue weighted by Gasteiger charge is -2.46. The standard InChI is InChI=1S/C104H81BN2/c1-100(2,3)70-48-54-93(79(60-70)68-44-50-89-81(56-68)77-36-20-26-42-87(77)103(89)83-38-22-16-32-73(83)74-33-17-23-39-84(74)103)106-95-52-46-66(64-28-12-10-13-29-64)58-91(95)105-92-59-67(65-30-14-11-15-31-65)47-53-96(92)107(98-63-72(102(7,8)9)62-97(106)99(98)105)94-55-49-71(101(4,5)6)61-80(94)69-45-51-90-82(57-69)78-37-21-27-43-88(78)104(90)85-40-24-18-34-75(85)76-35-19-25-41-86(76)104/h10-63H,1-9H3. The van der Waals surface area contributed by atoms with E-state index >= 15 is 0 Å². The summed E-state index contributed by atoms with van der Waals surface area (Å²) in [5, 5.41) is 0. The SMILES string of the molecule is CC(C)(C)c1ccc(N2c3ccc(-c4ccccc4)cc3B3c4cc(-c5ccccc5)ccc4N(c4ccc(C(C)(C)C)cc4-c4ccc5c(c4)-c4ccccc4C54c5ccccc5-c5ccccc54)c4cc(C(C)(C)C)cc2c43)c(-c2ccc3c(c2)-c2ccccc2C32c3ccccc3-c3ccccc32)c1. The quantitative estimate of drug-likeness (QED) is 0.153. The summed E-state index contributed by atoms with van der Waals surface area (Å²) >= 11 is 0. The third kappa shape index (κ3) is 8.95. The van der Waals surface area contributed by atoms with E-state index in [-0.39, 0.29) is 23.0 Å². The average molecular weight is 1370 g/mol. The highest BCUT2D eigenvalue weighted by molar-refractivity contribution is 7.00. The van der Waals surface area contributed by atoms with Crippen LogP contribution >= 0.6 is 0 Å². The molecule has 0 bridgehead atoms. The van der Waals surface area contributed by atoms with Crippen molar-refractivity contribution in [3.8, 4) is 89.0 Å². The maximum Gasteiger partial charge on any atom is 0.252 e. The first kappa shape index (κ1) is 63.4. The summed E-state index contributed by atoms with van der Waals surface area (Å²) in [4.78, 5) is 5.40. The van der Waals surface area contributed by atoms with E-state index in [4.69, 9.17) is 0 Å². The fraction of sp³-hybridized carbons (Fsp3) is 0.135. The zero-order valence-corrected chi connectivity index (χ0v) is 62.1. The molecule has 2 nitrogen and oxygen atoms in total. The van der Waals surface area contributed by atoms with Crippen LogP contribution in [0.1, 0.15) is 124 Å². The van der Waals surface area contributed by atoms with Gasteiger partial charge < -0.3 is 9.80 Å². The smallest absolute Gasteiger partial charge is 0.252 e. The molecular formula is C104H81BN2. The monoisotopic (exact) mass is 1370 g/mol. The molecule has 0 fully saturated rings. The second-order valence-electron chi connectivity index (χ2n) is 33.8. The van der Waals surface area contributed by atoms with Crippen molar-refractivity contribution in [2.45, 2.75) is 89.4 Å². The molecule has 6 aliphatic rings. The number of hydrogen-bond donors (Lipinski definition) is 0. The van der Waals surface area contributed by atoms with E-state index in [0.29, 0.717) is 0 Å². The van der Waals surface area contributed by atoms with Gasteiger partial charge in [0.25, 0.3) is 6.71 Å². The van der Waals surface area contributed by atoms with Gasteiger partial charge in [-0.25, -0.2) is 0 Å². The normalized spacial score (nSPS) is 14.5. The Labute approximate surface area is 630 Å². The van der Waals surface area contributed by atoms with Crippen molar-refractivity contribution in [3.63, 3.8) is 0 Å². The predicted octanol–water partition coefficient (Wildman–Crippen LogP) is 25.0. The van der Waals surface area contributed by atoms with Gasteiger partial charge in [-0.1, -0.05) is 329 Å². The highest BCUT2D eigenvalue weighted by Gasteiger charge is 2.54. The Hall–Kier alpha value is -12.0. The zero-order valence-electron chi connectivity index (χ0n) is 62.1. The van der Waals surface area contributed by atoms with Gasteiger partial charge in [0.15, 0.2) is 0 Å². The van der Waals surface area contributed by atoms with Gasteiger partial charge in [0.2, 0.25) is 0 Å². The molecule has 15 aromatic rings. The molecule has 21 rings (SSSR count). The maximum absolute atomic E-state index is 2.70. The molecule has 2 aliphatic heterocycles. The molecule has 2 spiro atoms. The summed E-state index contributed by atoms with van der Waals surface area (Å²) in [5.41, 5.74) is 43.9. The Balaban J connectivity index is 0.838. The van der Waals surface area contributed by atoms with Gasteiger partial charge in [-0.15, -0.1) is 0 Å². The minimum Gasteiger partial charge on any atom is -0.311 e. The molecule has 0 unspecified atom stereocenters. The second-order valence-corrected chi connectivity index (χ2v) is 33.8. The van der Waals surface area contributed by atoms with Crippen LogP contribution in [0.15, 0.2) is 328 Å². The van der Waals surface area contributed by atoms with Gasteiger partial charge in [-0.05, 0) is 232 Å². The lowest BCUT2D eigenvalue weighted by molar-refractivity contribution is 0.590. The summed E-state index contributed by atoms with van der Waals surface area (Å²) in [7, 11) is 0. The van der Waals surface area contributed by atoms with E-state index in [2.05, 4.69) is 400 Å². The fourth-order valence-corrected chi connectivity index (χ4v) is 20.0. The molecule has 0 amide bonds. The number of anilines is 6. The topological polar surface area (TPSA) is 6.48 Å². The van der Waals surface area contributed by atoms with Crippen molar-refractivity contribution in [2.24, 2.45) is 0 Å².